The number of hydrazone groups is 1. The number of nitrogens with two attached hydrogens (primary N) is 2. The van der Waals surface area contributed by atoms with Crippen LogP contribution in [0.15, 0.2) is 34.7 Å². The van der Waals surface area contributed by atoms with Crippen molar-refractivity contribution in [2.75, 3.05) is 11.1 Å². The van der Waals surface area contributed by atoms with Gasteiger partial charge >= 0.3 is 0 Å². The first-order chi connectivity index (χ1) is 12.3. The summed E-state index contributed by atoms with van der Waals surface area (Å²) in [5, 5.41) is 8.64. The Kier molecular flexibility index (Phi) is 6.39. The molecule has 0 radical (unpaired) electrons. The Labute approximate surface area is 153 Å². The lowest BCUT2D eigenvalue weighted by Crippen LogP contribution is -2.23. The van der Waals surface area contributed by atoms with E-state index in [2.05, 4.69) is 20.8 Å². The second kappa shape index (κ2) is 8.72. The average molecular weight is 374 g/mol. The van der Waals surface area contributed by atoms with Crippen LogP contribution < -0.4 is 22.2 Å². The summed E-state index contributed by atoms with van der Waals surface area (Å²) in [6.45, 7) is 1.62. The predicted molar refractivity (Wildman–Crippen MR) is 99.7 cm³/mol. The van der Waals surface area contributed by atoms with Crippen LogP contribution in [0.25, 0.3) is 0 Å². The highest BCUT2D eigenvalue weighted by molar-refractivity contribution is 7.13. The highest BCUT2D eigenvalue weighted by Crippen LogP contribution is 2.11. The summed E-state index contributed by atoms with van der Waals surface area (Å²) in [5.41, 5.74) is 14.9. The minimum absolute atomic E-state index is 0.00149. The van der Waals surface area contributed by atoms with Crippen LogP contribution in [0.2, 0.25) is 0 Å². The van der Waals surface area contributed by atoms with Crippen molar-refractivity contribution in [3.05, 3.63) is 40.9 Å². The lowest BCUT2D eigenvalue weighted by molar-refractivity contribution is -0.120. The summed E-state index contributed by atoms with van der Waals surface area (Å²) in [5.74, 6) is -1.20. The van der Waals surface area contributed by atoms with Crippen molar-refractivity contribution in [1.29, 1.82) is 0 Å². The van der Waals surface area contributed by atoms with Crippen molar-refractivity contribution in [3.8, 4) is 0 Å². The molecule has 6 N–H and O–H groups in total. The number of thiazole rings is 1. The van der Waals surface area contributed by atoms with E-state index in [9.17, 15) is 14.4 Å². The number of carbonyl (C=O) groups excluding carboxylic acids is 3. The second-order valence-corrected chi connectivity index (χ2v) is 6.29. The molecule has 2 aromatic rings. The summed E-state index contributed by atoms with van der Waals surface area (Å²) in [4.78, 5) is 38.7. The molecule has 1 heterocycles. The molecule has 0 aliphatic carbocycles. The van der Waals surface area contributed by atoms with Crippen molar-refractivity contribution in [2.45, 2.75) is 19.8 Å². The number of nitrogens with zero attached hydrogens (tertiary/aromatic N) is 2. The zero-order valence-electron chi connectivity index (χ0n) is 14.0. The molecule has 136 valence electrons. The number of primary amides is 1. The molecule has 0 saturated carbocycles. The lowest BCUT2D eigenvalue weighted by Gasteiger charge is -2.06. The van der Waals surface area contributed by atoms with E-state index in [0.717, 1.165) is 0 Å². The molecule has 0 unspecified atom stereocenters. The summed E-state index contributed by atoms with van der Waals surface area (Å²) >= 11 is 1.25. The number of rotatable bonds is 7. The Balaban J connectivity index is 1.80. The largest absolute Gasteiger partial charge is 0.375 e. The second-order valence-electron chi connectivity index (χ2n) is 5.40. The van der Waals surface area contributed by atoms with E-state index < -0.39 is 5.91 Å². The van der Waals surface area contributed by atoms with E-state index in [1.54, 1.807) is 24.4 Å². The maximum absolute atomic E-state index is 12.0. The first-order valence-corrected chi connectivity index (χ1v) is 8.43. The zero-order valence-corrected chi connectivity index (χ0v) is 14.8. The van der Waals surface area contributed by atoms with Crippen molar-refractivity contribution in [1.82, 2.24) is 10.4 Å². The van der Waals surface area contributed by atoms with Crippen LogP contribution in [0.5, 0.6) is 0 Å². The Morgan fingerprint density at radius 1 is 1.19 bits per heavy atom. The summed E-state index contributed by atoms with van der Waals surface area (Å²) in [7, 11) is 0. The van der Waals surface area contributed by atoms with E-state index in [1.165, 1.54) is 23.5 Å². The van der Waals surface area contributed by atoms with Gasteiger partial charge in [0.1, 0.15) is 0 Å². The van der Waals surface area contributed by atoms with Gasteiger partial charge in [0.05, 0.1) is 18.5 Å². The third-order valence-electron chi connectivity index (χ3n) is 3.15. The van der Waals surface area contributed by atoms with E-state index in [0.29, 0.717) is 27.8 Å². The fourth-order valence-corrected chi connectivity index (χ4v) is 2.52. The first-order valence-electron chi connectivity index (χ1n) is 7.55. The van der Waals surface area contributed by atoms with Crippen LogP contribution in [-0.2, 0) is 16.0 Å². The molecule has 0 spiro atoms. The van der Waals surface area contributed by atoms with Crippen LogP contribution in [-0.4, -0.2) is 28.4 Å². The van der Waals surface area contributed by atoms with Gasteiger partial charge in [0.15, 0.2) is 5.13 Å². The third-order valence-corrected chi connectivity index (χ3v) is 3.87. The highest BCUT2D eigenvalue weighted by Gasteiger charge is 2.08. The summed E-state index contributed by atoms with van der Waals surface area (Å²) < 4.78 is 0. The van der Waals surface area contributed by atoms with Crippen LogP contribution in [0.3, 0.4) is 0 Å². The number of amides is 3. The molecule has 9 nitrogen and oxygen atoms in total. The minimum Gasteiger partial charge on any atom is -0.375 e. The van der Waals surface area contributed by atoms with Crippen LogP contribution in [0.4, 0.5) is 10.8 Å². The Hall–Kier alpha value is -3.27. The number of benzene rings is 1. The van der Waals surface area contributed by atoms with Crippen molar-refractivity contribution >= 4 is 45.6 Å². The number of nitrogens with one attached hydrogen (secondary N) is 2. The van der Waals surface area contributed by atoms with E-state index in [1.807, 2.05) is 0 Å². The van der Waals surface area contributed by atoms with Gasteiger partial charge in [-0.1, -0.05) is 0 Å². The van der Waals surface area contributed by atoms with Gasteiger partial charge in [-0.3, -0.25) is 14.4 Å². The van der Waals surface area contributed by atoms with Crippen LogP contribution in [0, 0.1) is 0 Å². The maximum atomic E-state index is 12.0. The molecule has 3 amide bonds. The van der Waals surface area contributed by atoms with Crippen LogP contribution >= 0.6 is 11.3 Å². The fourth-order valence-electron chi connectivity index (χ4n) is 1.96. The zero-order chi connectivity index (χ0) is 19.1. The Bertz CT molecular complexity index is 844. The van der Waals surface area contributed by atoms with Gasteiger partial charge in [-0.25, -0.2) is 10.4 Å². The molecule has 10 heteroatoms. The number of hydrogen-bond acceptors (Lipinski definition) is 7. The van der Waals surface area contributed by atoms with Gasteiger partial charge in [-0.05, 0) is 31.2 Å². The summed E-state index contributed by atoms with van der Waals surface area (Å²) in [6, 6.07) is 6.19. The van der Waals surface area contributed by atoms with Crippen LogP contribution in [0.1, 0.15) is 29.4 Å². The SMILES string of the molecule is CC(CC(=O)Nc1ccc(C(N)=O)cc1)=NNC(=O)Cc1csc(N)n1. The Morgan fingerprint density at radius 3 is 2.46 bits per heavy atom. The maximum Gasteiger partial charge on any atom is 0.248 e. The van der Waals surface area contributed by atoms with Gasteiger partial charge in [0.25, 0.3) is 0 Å². The molecule has 2 rings (SSSR count). The minimum atomic E-state index is -0.540. The first kappa shape index (κ1) is 19.1. The quantitative estimate of drug-likeness (QED) is 0.419. The third kappa shape index (κ3) is 5.98. The van der Waals surface area contributed by atoms with Gasteiger partial charge in [0, 0.05) is 22.3 Å². The number of hydrogen-bond donors (Lipinski definition) is 4. The van der Waals surface area contributed by atoms with Gasteiger partial charge in [0.2, 0.25) is 17.7 Å². The number of anilines is 2. The topological polar surface area (TPSA) is 153 Å². The number of carbonyl (C=O) groups is 3. The molecule has 0 aliphatic rings. The van der Waals surface area contributed by atoms with Gasteiger partial charge < -0.3 is 16.8 Å². The molecule has 0 bridgehead atoms. The number of nitrogen functional groups attached to an aromatic ring is 1. The molecule has 0 aliphatic heterocycles. The molecule has 0 fully saturated rings. The Morgan fingerprint density at radius 2 is 1.88 bits per heavy atom. The molecule has 1 aromatic carbocycles. The summed E-state index contributed by atoms with van der Waals surface area (Å²) in [6.07, 6.45) is 0.0599. The molecule has 26 heavy (non-hydrogen) atoms. The van der Waals surface area contributed by atoms with Gasteiger partial charge in [-0.2, -0.15) is 5.10 Å². The lowest BCUT2D eigenvalue weighted by atomic mass is 10.2. The van der Waals surface area contributed by atoms with E-state index in [-0.39, 0.29) is 24.7 Å². The van der Waals surface area contributed by atoms with Crippen molar-refractivity contribution < 1.29 is 14.4 Å². The van der Waals surface area contributed by atoms with E-state index in [4.69, 9.17) is 11.5 Å². The normalized spacial score (nSPS) is 11.0. The fraction of sp³-hybridized carbons (Fsp3) is 0.188. The van der Waals surface area contributed by atoms with Crippen molar-refractivity contribution in [3.63, 3.8) is 0 Å². The van der Waals surface area contributed by atoms with Crippen molar-refractivity contribution in [2.24, 2.45) is 10.8 Å². The highest BCUT2D eigenvalue weighted by atomic mass is 32.1. The number of aromatic nitrogens is 1. The smallest absolute Gasteiger partial charge is 0.248 e. The molecule has 1 aromatic heterocycles. The average Bonchev–Trinajstić information content (AvgIpc) is 2.98. The van der Waals surface area contributed by atoms with Gasteiger partial charge in [-0.15, -0.1) is 11.3 Å². The standard InChI is InChI=1S/C16H18N6O3S/c1-9(21-22-14(24)7-12-8-26-16(18)20-12)6-13(23)19-11-4-2-10(3-5-11)15(17)25/h2-5,8H,6-7H2,1H3,(H2,17,25)(H2,18,20)(H,19,23)(H,22,24). The molecule has 0 saturated heterocycles. The predicted octanol–water partition coefficient (Wildman–Crippen LogP) is 0.888. The molecular weight excluding hydrogens is 356 g/mol. The van der Waals surface area contributed by atoms with E-state index >= 15 is 0 Å². The molecular formula is C16H18N6O3S. The molecule has 0 atom stereocenters. The monoisotopic (exact) mass is 374 g/mol.